The summed E-state index contributed by atoms with van der Waals surface area (Å²) in [5, 5.41) is 2.70. The fraction of sp³-hybridized carbons (Fsp3) is 0.273. The van der Waals surface area contributed by atoms with Crippen LogP contribution in [-0.2, 0) is 4.79 Å². The van der Waals surface area contributed by atoms with Crippen molar-refractivity contribution in [3.8, 4) is 5.82 Å². The number of carbonyl (C=O) groups is 2. The standard InChI is InChI=1S/C22H24N6O2/c1-17-24-19(26-9-5-6-10-26)15-20(25-17)27-11-13-28(14-12-27)21(29)16-23-22(30)18-7-3-2-4-8-18/h2-10,15H,11-14,16H2,1H3,(H,23,30). The lowest BCUT2D eigenvalue weighted by Gasteiger charge is -2.35. The zero-order chi connectivity index (χ0) is 20.9. The Morgan fingerprint density at radius 1 is 0.933 bits per heavy atom. The van der Waals surface area contributed by atoms with Gasteiger partial charge < -0.3 is 19.7 Å². The first-order valence-electron chi connectivity index (χ1n) is 9.95. The van der Waals surface area contributed by atoms with Gasteiger partial charge in [-0.2, -0.15) is 0 Å². The molecule has 3 aromatic rings. The highest BCUT2D eigenvalue weighted by atomic mass is 16.2. The number of aryl methyl sites for hydroxylation is 1. The van der Waals surface area contributed by atoms with Gasteiger partial charge in [-0.3, -0.25) is 9.59 Å². The summed E-state index contributed by atoms with van der Waals surface area (Å²) in [5.74, 6) is 2.07. The number of rotatable bonds is 5. The maximum Gasteiger partial charge on any atom is 0.251 e. The SMILES string of the molecule is Cc1nc(N2CCN(C(=O)CNC(=O)c3ccccc3)CC2)cc(-n2cccc2)n1. The Morgan fingerprint density at radius 3 is 2.30 bits per heavy atom. The minimum absolute atomic E-state index is 0.00186. The lowest BCUT2D eigenvalue weighted by molar-refractivity contribution is -0.130. The van der Waals surface area contributed by atoms with Crippen molar-refractivity contribution in [3.63, 3.8) is 0 Å². The van der Waals surface area contributed by atoms with E-state index in [1.807, 2.05) is 48.1 Å². The summed E-state index contributed by atoms with van der Waals surface area (Å²) >= 11 is 0. The van der Waals surface area contributed by atoms with Crippen LogP contribution in [0, 0.1) is 6.92 Å². The Bertz CT molecular complexity index is 1010. The van der Waals surface area contributed by atoms with Gasteiger partial charge in [-0.05, 0) is 31.2 Å². The maximum atomic E-state index is 12.5. The predicted octanol–water partition coefficient (Wildman–Crippen LogP) is 1.65. The average molecular weight is 404 g/mol. The van der Waals surface area contributed by atoms with E-state index >= 15 is 0 Å². The molecule has 30 heavy (non-hydrogen) atoms. The van der Waals surface area contributed by atoms with Gasteiger partial charge in [-0.15, -0.1) is 0 Å². The van der Waals surface area contributed by atoms with Gasteiger partial charge in [0.1, 0.15) is 17.5 Å². The smallest absolute Gasteiger partial charge is 0.251 e. The molecule has 0 saturated carbocycles. The molecule has 1 aromatic carbocycles. The Labute approximate surface area is 175 Å². The Hall–Kier alpha value is -3.68. The molecule has 4 rings (SSSR count). The van der Waals surface area contributed by atoms with E-state index in [0.717, 1.165) is 11.6 Å². The van der Waals surface area contributed by atoms with Gasteiger partial charge in [-0.1, -0.05) is 18.2 Å². The normalized spacial score (nSPS) is 13.9. The topological polar surface area (TPSA) is 83.4 Å². The Kier molecular flexibility index (Phi) is 5.74. The first-order valence-corrected chi connectivity index (χ1v) is 9.95. The Balaban J connectivity index is 1.33. The van der Waals surface area contributed by atoms with Crippen LogP contribution in [0.2, 0.25) is 0 Å². The van der Waals surface area contributed by atoms with Gasteiger partial charge in [0.25, 0.3) is 5.91 Å². The molecule has 0 aliphatic carbocycles. The molecular weight excluding hydrogens is 380 g/mol. The summed E-state index contributed by atoms with van der Waals surface area (Å²) in [6.07, 6.45) is 3.90. The van der Waals surface area contributed by atoms with Crippen LogP contribution in [0.15, 0.2) is 60.9 Å². The molecule has 1 saturated heterocycles. The fourth-order valence-corrected chi connectivity index (χ4v) is 3.46. The molecule has 1 N–H and O–H groups in total. The third kappa shape index (κ3) is 4.48. The van der Waals surface area contributed by atoms with Gasteiger partial charge in [0.2, 0.25) is 5.91 Å². The van der Waals surface area contributed by atoms with Crippen molar-refractivity contribution in [1.29, 1.82) is 0 Å². The molecule has 8 heteroatoms. The minimum atomic E-state index is -0.239. The van der Waals surface area contributed by atoms with E-state index in [9.17, 15) is 9.59 Å². The number of nitrogens with zero attached hydrogens (tertiary/aromatic N) is 5. The van der Waals surface area contributed by atoms with Crippen molar-refractivity contribution in [2.24, 2.45) is 0 Å². The van der Waals surface area contributed by atoms with Crippen molar-refractivity contribution < 1.29 is 9.59 Å². The van der Waals surface area contributed by atoms with Crippen LogP contribution in [0.4, 0.5) is 5.82 Å². The second-order valence-electron chi connectivity index (χ2n) is 7.14. The molecule has 3 heterocycles. The van der Waals surface area contributed by atoms with E-state index in [-0.39, 0.29) is 18.4 Å². The molecule has 2 aromatic heterocycles. The zero-order valence-corrected chi connectivity index (χ0v) is 16.9. The van der Waals surface area contributed by atoms with E-state index < -0.39 is 0 Å². The monoisotopic (exact) mass is 404 g/mol. The second-order valence-corrected chi connectivity index (χ2v) is 7.14. The van der Waals surface area contributed by atoms with E-state index in [4.69, 9.17) is 0 Å². The average Bonchev–Trinajstić information content (AvgIpc) is 3.33. The minimum Gasteiger partial charge on any atom is -0.353 e. The molecule has 1 fully saturated rings. The van der Waals surface area contributed by atoms with Crippen molar-refractivity contribution in [3.05, 3.63) is 72.3 Å². The number of anilines is 1. The van der Waals surface area contributed by atoms with Crippen molar-refractivity contribution in [2.75, 3.05) is 37.6 Å². The summed E-state index contributed by atoms with van der Waals surface area (Å²) < 4.78 is 1.95. The van der Waals surface area contributed by atoms with Crippen LogP contribution < -0.4 is 10.2 Å². The summed E-state index contributed by atoms with van der Waals surface area (Å²) in [7, 11) is 0. The van der Waals surface area contributed by atoms with Gasteiger partial charge in [0, 0.05) is 50.2 Å². The molecule has 1 aliphatic rings. The van der Waals surface area contributed by atoms with Crippen LogP contribution in [0.3, 0.4) is 0 Å². The summed E-state index contributed by atoms with van der Waals surface area (Å²) in [6, 6.07) is 14.8. The molecule has 0 radical (unpaired) electrons. The first-order chi connectivity index (χ1) is 14.6. The number of amides is 2. The number of nitrogens with one attached hydrogen (secondary N) is 1. The number of hydrogen-bond acceptors (Lipinski definition) is 5. The van der Waals surface area contributed by atoms with Crippen LogP contribution in [0.5, 0.6) is 0 Å². The highest BCUT2D eigenvalue weighted by Gasteiger charge is 2.23. The molecular formula is C22H24N6O2. The predicted molar refractivity (Wildman–Crippen MR) is 114 cm³/mol. The van der Waals surface area contributed by atoms with Crippen LogP contribution in [-0.4, -0.2) is 64.0 Å². The van der Waals surface area contributed by atoms with Crippen LogP contribution in [0.25, 0.3) is 5.82 Å². The molecule has 2 amide bonds. The summed E-state index contributed by atoms with van der Waals surface area (Å²) in [6.45, 7) is 4.41. The molecule has 1 aliphatic heterocycles. The number of carbonyl (C=O) groups excluding carboxylic acids is 2. The van der Waals surface area contributed by atoms with Gasteiger partial charge >= 0.3 is 0 Å². The van der Waals surface area contributed by atoms with Gasteiger partial charge in [0.15, 0.2) is 0 Å². The van der Waals surface area contributed by atoms with Crippen LogP contribution in [0.1, 0.15) is 16.2 Å². The van der Waals surface area contributed by atoms with Crippen molar-refractivity contribution in [1.82, 2.24) is 24.8 Å². The lowest BCUT2D eigenvalue weighted by Crippen LogP contribution is -2.51. The number of hydrogen-bond donors (Lipinski definition) is 1. The summed E-state index contributed by atoms with van der Waals surface area (Å²) in [4.78, 5) is 37.6. The quantitative estimate of drug-likeness (QED) is 0.699. The third-order valence-electron chi connectivity index (χ3n) is 5.07. The lowest BCUT2D eigenvalue weighted by atomic mass is 10.2. The third-order valence-corrected chi connectivity index (χ3v) is 5.07. The van der Waals surface area contributed by atoms with Crippen molar-refractivity contribution >= 4 is 17.6 Å². The van der Waals surface area contributed by atoms with Crippen LogP contribution >= 0.6 is 0 Å². The molecule has 154 valence electrons. The highest BCUT2D eigenvalue weighted by Crippen LogP contribution is 2.17. The highest BCUT2D eigenvalue weighted by molar-refractivity contribution is 5.96. The number of aromatic nitrogens is 3. The van der Waals surface area contributed by atoms with E-state index in [0.29, 0.717) is 37.6 Å². The molecule has 8 nitrogen and oxygen atoms in total. The van der Waals surface area contributed by atoms with E-state index in [1.54, 1.807) is 29.2 Å². The van der Waals surface area contributed by atoms with Gasteiger partial charge in [0.05, 0.1) is 6.54 Å². The van der Waals surface area contributed by atoms with Gasteiger partial charge in [-0.25, -0.2) is 9.97 Å². The fourth-order valence-electron chi connectivity index (χ4n) is 3.46. The maximum absolute atomic E-state index is 12.5. The summed E-state index contributed by atoms with van der Waals surface area (Å²) in [5.41, 5.74) is 0.549. The Morgan fingerprint density at radius 2 is 1.60 bits per heavy atom. The molecule has 0 atom stereocenters. The number of benzene rings is 1. The first kappa shape index (κ1) is 19.6. The second kappa shape index (κ2) is 8.77. The van der Waals surface area contributed by atoms with Crippen molar-refractivity contribution in [2.45, 2.75) is 6.92 Å². The number of piperazine rings is 1. The largest absolute Gasteiger partial charge is 0.353 e. The van der Waals surface area contributed by atoms with E-state index in [2.05, 4.69) is 20.2 Å². The molecule has 0 unspecified atom stereocenters. The van der Waals surface area contributed by atoms with E-state index in [1.165, 1.54) is 0 Å². The zero-order valence-electron chi connectivity index (χ0n) is 16.9. The molecule has 0 bridgehead atoms. The molecule has 0 spiro atoms.